The van der Waals surface area contributed by atoms with E-state index in [2.05, 4.69) is 5.32 Å². The van der Waals surface area contributed by atoms with Gasteiger partial charge in [0.2, 0.25) is 5.91 Å². The smallest absolute Gasteiger partial charge is 0.249 e. The average molecular weight is 213 g/mol. The Morgan fingerprint density at radius 2 is 2.27 bits per heavy atom. The first-order valence-corrected chi connectivity index (χ1v) is 5.62. The van der Waals surface area contributed by atoms with E-state index in [0.717, 1.165) is 12.8 Å². The van der Waals surface area contributed by atoms with Gasteiger partial charge in [-0.25, -0.2) is 0 Å². The molecule has 1 aliphatic heterocycles. The van der Waals surface area contributed by atoms with Gasteiger partial charge in [0.1, 0.15) is 6.10 Å². The van der Waals surface area contributed by atoms with Gasteiger partial charge in [-0.05, 0) is 19.3 Å². The molecule has 1 aliphatic carbocycles. The van der Waals surface area contributed by atoms with E-state index in [1.165, 1.54) is 0 Å². The minimum Gasteiger partial charge on any atom is -0.392 e. The first kappa shape index (κ1) is 10.9. The molecule has 0 aromatic heterocycles. The highest BCUT2D eigenvalue weighted by Gasteiger charge is 2.48. The van der Waals surface area contributed by atoms with Crippen LogP contribution in [-0.2, 0) is 9.53 Å². The van der Waals surface area contributed by atoms with E-state index in [-0.39, 0.29) is 29.6 Å². The molecule has 0 aromatic carbocycles. The van der Waals surface area contributed by atoms with E-state index in [4.69, 9.17) is 4.74 Å². The lowest BCUT2D eigenvalue weighted by Crippen LogP contribution is -2.62. The third-order valence-electron chi connectivity index (χ3n) is 3.75. The van der Waals surface area contributed by atoms with Crippen LogP contribution in [0.15, 0.2) is 0 Å². The zero-order chi connectivity index (χ0) is 11.1. The van der Waals surface area contributed by atoms with Crippen LogP contribution in [0.5, 0.6) is 0 Å². The molecule has 2 unspecified atom stereocenters. The number of ether oxygens (including phenoxy) is 1. The second-order valence-electron chi connectivity index (χ2n) is 5.14. The molecule has 15 heavy (non-hydrogen) atoms. The highest BCUT2D eigenvalue weighted by Crippen LogP contribution is 2.40. The van der Waals surface area contributed by atoms with E-state index in [1.54, 1.807) is 0 Å². The summed E-state index contributed by atoms with van der Waals surface area (Å²) in [6, 6.07) is 0.0872. The zero-order valence-electron chi connectivity index (χ0n) is 9.32. The molecule has 0 aromatic rings. The SMILES string of the molecule is CC1(C)C(O)CC1NC(=O)[C@@H]1CCCO1. The lowest BCUT2D eigenvalue weighted by Gasteiger charge is -2.49. The Morgan fingerprint density at radius 3 is 2.73 bits per heavy atom. The second-order valence-corrected chi connectivity index (χ2v) is 5.14. The predicted molar refractivity (Wildman–Crippen MR) is 55.3 cm³/mol. The number of aliphatic hydroxyl groups is 1. The molecule has 2 rings (SSSR count). The third-order valence-corrected chi connectivity index (χ3v) is 3.75. The van der Waals surface area contributed by atoms with Gasteiger partial charge >= 0.3 is 0 Å². The summed E-state index contributed by atoms with van der Waals surface area (Å²) in [6.45, 7) is 4.64. The molecule has 86 valence electrons. The summed E-state index contributed by atoms with van der Waals surface area (Å²) in [4.78, 5) is 11.7. The molecule has 1 saturated carbocycles. The molecule has 4 nitrogen and oxygen atoms in total. The Morgan fingerprint density at radius 1 is 1.53 bits per heavy atom. The number of amides is 1. The fourth-order valence-corrected chi connectivity index (χ4v) is 2.20. The Bertz CT molecular complexity index is 259. The highest BCUT2D eigenvalue weighted by molar-refractivity contribution is 5.81. The minimum atomic E-state index is -0.299. The van der Waals surface area contributed by atoms with Crippen molar-refractivity contribution in [2.75, 3.05) is 6.61 Å². The maximum Gasteiger partial charge on any atom is 0.249 e. The summed E-state index contributed by atoms with van der Waals surface area (Å²) in [7, 11) is 0. The molecule has 0 spiro atoms. The summed E-state index contributed by atoms with van der Waals surface area (Å²) in [5, 5.41) is 12.5. The minimum absolute atomic E-state index is 0.0162. The number of nitrogens with one attached hydrogen (secondary N) is 1. The maximum atomic E-state index is 11.7. The van der Waals surface area contributed by atoms with Gasteiger partial charge in [-0.2, -0.15) is 0 Å². The Balaban J connectivity index is 1.85. The summed E-state index contributed by atoms with van der Waals surface area (Å²) in [5.74, 6) is -0.0162. The number of hydrogen-bond acceptors (Lipinski definition) is 3. The number of rotatable bonds is 2. The van der Waals surface area contributed by atoms with E-state index in [0.29, 0.717) is 13.0 Å². The first-order valence-electron chi connectivity index (χ1n) is 5.62. The first-order chi connectivity index (χ1) is 7.01. The van der Waals surface area contributed by atoms with Gasteiger partial charge in [0, 0.05) is 18.1 Å². The number of hydrogen-bond donors (Lipinski definition) is 2. The molecular formula is C11H19NO3. The summed E-state index contributed by atoms with van der Waals surface area (Å²) in [6.07, 6.45) is 1.88. The van der Waals surface area contributed by atoms with E-state index >= 15 is 0 Å². The van der Waals surface area contributed by atoms with Crippen molar-refractivity contribution in [2.45, 2.75) is 51.4 Å². The van der Waals surface area contributed by atoms with Crippen LogP contribution in [-0.4, -0.2) is 35.9 Å². The fraction of sp³-hybridized carbons (Fsp3) is 0.909. The van der Waals surface area contributed by atoms with Gasteiger partial charge in [-0.3, -0.25) is 4.79 Å². The number of aliphatic hydroxyl groups excluding tert-OH is 1. The number of carbonyl (C=O) groups is 1. The lowest BCUT2D eigenvalue weighted by molar-refractivity contribution is -0.137. The molecule has 1 heterocycles. The van der Waals surface area contributed by atoms with Crippen molar-refractivity contribution < 1.29 is 14.6 Å². The normalized spacial score (nSPS) is 38.5. The van der Waals surface area contributed by atoms with Crippen molar-refractivity contribution in [3.05, 3.63) is 0 Å². The summed E-state index contributed by atoms with van der Waals surface area (Å²) >= 11 is 0. The quantitative estimate of drug-likeness (QED) is 0.700. The standard InChI is InChI=1S/C11H19NO3/c1-11(2)8(6-9(11)13)12-10(14)7-4-3-5-15-7/h7-9,13H,3-6H2,1-2H3,(H,12,14)/t7-,8?,9?/m0/s1. The molecule has 0 bridgehead atoms. The molecule has 1 saturated heterocycles. The van der Waals surface area contributed by atoms with Crippen LogP contribution in [0.3, 0.4) is 0 Å². The monoisotopic (exact) mass is 213 g/mol. The molecule has 3 atom stereocenters. The third kappa shape index (κ3) is 1.88. The second kappa shape index (κ2) is 3.76. The van der Waals surface area contributed by atoms with Gasteiger partial charge < -0.3 is 15.2 Å². The summed E-state index contributed by atoms with van der Waals surface area (Å²) in [5.41, 5.74) is -0.200. The molecule has 2 fully saturated rings. The molecule has 2 N–H and O–H groups in total. The Labute approximate surface area is 90.0 Å². The van der Waals surface area contributed by atoms with Crippen molar-refractivity contribution in [3.8, 4) is 0 Å². The van der Waals surface area contributed by atoms with E-state index < -0.39 is 0 Å². The van der Waals surface area contributed by atoms with Crippen LogP contribution in [0.2, 0.25) is 0 Å². The topological polar surface area (TPSA) is 58.6 Å². The Kier molecular flexibility index (Phi) is 2.73. The van der Waals surface area contributed by atoms with Crippen LogP contribution in [0.4, 0.5) is 0 Å². The van der Waals surface area contributed by atoms with Crippen molar-refractivity contribution in [1.82, 2.24) is 5.32 Å². The van der Waals surface area contributed by atoms with E-state index in [9.17, 15) is 9.90 Å². The summed E-state index contributed by atoms with van der Waals surface area (Å²) < 4.78 is 5.30. The van der Waals surface area contributed by atoms with Crippen molar-refractivity contribution in [1.29, 1.82) is 0 Å². The lowest BCUT2D eigenvalue weighted by atomic mass is 9.64. The largest absolute Gasteiger partial charge is 0.392 e. The number of carbonyl (C=O) groups excluding carboxylic acids is 1. The Hall–Kier alpha value is -0.610. The zero-order valence-corrected chi connectivity index (χ0v) is 9.32. The predicted octanol–water partition coefficient (Wildman–Crippen LogP) is 0.441. The van der Waals surface area contributed by atoms with Gasteiger partial charge in [0.25, 0.3) is 0 Å². The van der Waals surface area contributed by atoms with Gasteiger partial charge in [-0.15, -0.1) is 0 Å². The maximum absolute atomic E-state index is 11.7. The van der Waals surface area contributed by atoms with Crippen molar-refractivity contribution >= 4 is 5.91 Å². The average Bonchev–Trinajstić information content (AvgIpc) is 2.70. The highest BCUT2D eigenvalue weighted by atomic mass is 16.5. The van der Waals surface area contributed by atoms with Crippen LogP contribution < -0.4 is 5.32 Å². The molecule has 4 heteroatoms. The molecule has 2 aliphatic rings. The van der Waals surface area contributed by atoms with Crippen LogP contribution in [0.25, 0.3) is 0 Å². The van der Waals surface area contributed by atoms with E-state index in [1.807, 2.05) is 13.8 Å². The van der Waals surface area contributed by atoms with Crippen molar-refractivity contribution in [3.63, 3.8) is 0 Å². The van der Waals surface area contributed by atoms with Crippen LogP contribution in [0.1, 0.15) is 33.1 Å². The van der Waals surface area contributed by atoms with Gasteiger partial charge in [0.15, 0.2) is 0 Å². The van der Waals surface area contributed by atoms with Gasteiger partial charge in [0.05, 0.1) is 6.10 Å². The van der Waals surface area contributed by atoms with Gasteiger partial charge in [-0.1, -0.05) is 13.8 Å². The van der Waals surface area contributed by atoms with Crippen LogP contribution >= 0.6 is 0 Å². The molecular weight excluding hydrogens is 194 g/mol. The van der Waals surface area contributed by atoms with Crippen LogP contribution in [0, 0.1) is 5.41 Å². The molecule has 1 amide bonds. The molecule has 0 radical (unpaired) electrons. The van der Waals surface area contributed by atoms with Crippen molar-refractivity contribution in [2.24, 2.45) is 5.41 Å². The fourth-order valence-electron chi connectivity index (χ4n) is 2.20.